The molecule has 0 radical (unpaired) electrons. The van der Waals surface area contributed by atoms with Crippen LogP contribution < -0.4 is 15.4 Å². The summed E-state index contributed by atoms with van der Waals surface area (Å²) in [5.41, 5.74) is 0.967. The average Bonchev–Trinajstić information content (AvgIpc) is 2.74. The number of piperidine rings is 2. The Morgan fingerprint density at radius 2 is 1.86 bits per heavy atom. The van der Waals surface area contributed by atoms with E-state index in [0.717, 1.165) is 70.7 Å². The van der Waals surface area contributed by atoms with E-state index in [2.05, 4.69) is 27.7 Å². The van der Waals surface area contributed by atoms with Gasteiger partial charge in [0.15, 0.2) is 0 Å². The first-order chi connectivity index (χ1) is 13.6. The number of amides is 1. The predicted octanol–water partition coefficient (Wildman–Crippen LogP) is 2.04. The fourth-order valence-corrected chi connectivity index (χ4v) is 4.38. The maximum atomic E-state index is 12.9. The second-order valence-corrected chi connectivity index (χ2v) is 8.24. The number of carbonyl (C=O) groups is 1. The predicted molar refractivity (Wildman–Crippen MR) is 110 cm³/mol. The Hall–Kier alpha value is -1.63. The Bertz CT molecular complexity index is 600. The van der Waals surface area contributed by atoms with Crippen LogP contribution in [0.5, 0.6) is 5.75 Å². The van der Waals surface area contributed by atoms with E-state index in [9.17, 15) is 4.79 Å². The summed E-state index contributed by atoms with van der Waals surface area (Å²) in [6.07, 6.45) is 3.98. The monoisotopic (exact) mass is 389 g/mol. The van der Waals surface area contributed by atoms with Crippen molar-refractivity contribution in [2.45, 2.75) is 32.2 Å². The molecule has 0 atom stereocenters. The van der Waals surface area contributed by atoms with Crippen LogP contribution >= 0.6 is 0 Å². The minimum atomic E-state index is -0.352. The number of hydrogen-bond acceptors (Lipinski definition) is 5. The van der Waals surface area contributed by atoms with Crippen molar-refractivity contribution in [3.8, 4) is 5.75 Å². The van der Waals surface area contributed by atoms with Crippen molar-refractivity contribution in [3.05, 3.63) is 29.8 Å². The number of nitrogens with one attached hydrogen (secondary N) is 2. The highest BCUT2D eigenvalue weighted by atomic mass is 16.5. The third-order valence-electron chi connectivity index (χ3n) is 6.29. The highest BCUT2D eigenvalue weighted by Gasteiger charge is 2.39. The van der Waals surface area contributed by atoms with Gasteiger partial charge in [-0.25, -0.2) is 0 Å². The molecule has 1 aromatic rings. The summed E-state index contributed by atoms with van der Waals surface area (Å²) in [7, 11) is 3.39. The van der Waals surface area contributed by atoms with E-state index in [0.29, 0.717) is 12.5 Å². The molecule has 2 fully saturated rings. The molecular weight excluding hydrogens is 354 g/mol. The van der Waals surface area contributed by atoms with Crippen LogP contribution in [0.2, 0.25) is 0 Å². The van der Waals surface area contributed by atoms with E-state index in [4.69, 9.17) is 9.47 Å². The van der Waals surface area contributed by atoms with Crippen molar-refractivity contribution in [2.24, 2.45) is 11.3 Å². The van der Waals surface area contributed by atoms with E-state index in [1.165, 1.54) is 5.56 Å². The molecule has 156 valence electrons. The Morgan fingerprint density at radius 1 is 1.18 bits per heavy atom. The Balaban J connectivity index is 1.41. The zero-order chi connectivity index (χ0) is 19.8. The maximum Gasteiger partial charge on any atom is 0.228 e. The van der Waals surface area contributed by atoms with Crippen LogP contribution in [-0.2, 0) is 16.1 Å². The number of ether oxygens (including phenoxy) is 2. The van der Waals surface area contributed by atoms with Gasteiger partial charge >= 0.3 is 0 Å². The first-order valence-corrected chi connectivity index (χ1v) is 10.5. The quantitative estimate of drug-likeness (QED) is 0.712. The topological polar surface area (TPSA) is 62.8 Å². The van der Waals surface area contributed by atoms with E-state index >= 15 is 0 Å². The average molecular weight is 390 g/mol. The van der Waals surface area contributed by atoms with Crippen LogP contribution in [0.4, 0.5) is 0 Å². The van der Waals surface area contributed by atoms with Crippen molar-refractivity contribution in [1.82, 2.24) is 15.5 Å². The summed E-state index contributed by atoms with van der Waals surface area (Å²) in [5, 5.41) is 6.59. The van der Waals surface area contributed by atoms with Gasteiger partial charge < -0.3 is 20.1 Å². The van der Waals surface area contributed by atoms with Gasteiger partial charge in [-0.3, -0.25) is 9.69 Å². The number of rotatable bonds is 8. The molecule has 3 rings (SSSR count). The SMILES string of the molecule is COCC1(C(=O)NCC2CCN(Cc3ccc(OC)cc3)CC2)CCNCC1. The third kappa shape index (κ3) is 5.46. The largest absolute Gasteiger partial charge is 0.497 e. The molecule has 0 saturated carbocycles. The highest BCUT2D eigenvalue weighted by molar-refractivity contribution is 5.83. The van der Waals surface area contributed by atoms with Crippen LogP contribution in [0.25, 0.3) is 0 Å². The second-order valence-electron chi connectivity index (χ2n) is 8.24. The number of benzene rings is 1. The van der Waals surface area contributed by atoms with Crippen molar-refractivity contribution in [2.75, 3.05) is 53.6 Å². The number of hydrogen-bond donors (Lipinski definition) is 2. The molecule has 2 heterocycles. The van der Waals surface area contributed by atoms with Gasteiger partial charge in [0.25, 0.3) is 0 Å². The Labute approximate surface area is 169 Å². The second kappa shape index (κ2) is 10.2. The molecule has 6 nitrogen and oxygen atoms in total. The van der Waals surface area contributed by atoms with Crippen molar-refractivity contribution >= 4 is 5.91 Å². The Kier molecular flexibility index (Phi) is 7.71. The summed E-state index contributed by atoms with van der Waals surface area (Å²) in [6.45, 7) is 6.22. The molecule has 1 aromatic carbocycles. The molecule has 28 heavy (non-hydrogen) atoms. The first kappa shape index (κ1) is 21.1. The number of likely N-dealkylation sites (tertiary alicyclic amines) is 1. The van der Waals surface area contributed by atoms with Gasteiger partial charge in [-0.2, -0.15) is 0 Å². The lowest BCUT2D eigenvalue weighted by molar-refractivity contribution is -0.136. The molecule has 2 saturated heterocycles. The van der Waals surface area contributed by atoms with Gasteiger partial charge in [-0.05, 0) is 75.5 Å². The van der Waals surface area contributed by atoms with Crippen molar-refractivity contribution in [1.29, 1.82) is 0 Å². The molecule has 2 aliphatic heterocycles. The van der Waals surface area contributed by atoms with Crippen LogP contribution in [0.1, 0.15) is 31.2 Å². The van der Waals surface area contributed by atoms with Gasteiger partial charge in [0.1, 0.15) is 5.75 Å². The lowest BCUT2D eigenvalue weighted by atomic mass is 9.78. The Morgan fingerprint density at radius 3 is 2.46 bits per heavy atom. The normalized spacial score (nSPS) is 20.6. The van der Waals surface area contributed by atoms with Gasteiger partial charge in [-0.1, -0.05) is 12.1 Å². The molecule has 0 aromatic heterocycles. The van der Waals surface area contributed by atoms with Crippen molar-refractivity contribution < 1.29 is 14.3 Å². The fourth-order valence-electron chi connectivity index (χ4n) is 4.38. The molecule has 2 N–H and O–H groups in total. The lowest BCUT2D eigenvalue weighted by Gasteiger charge is -2.37. The summed E-state index contributed by atoms with van der Waals surface area (Å²) >= 11 is 0. The zero-order valence-corrected chi connectivity index (χ0v) is 17.3. The smallest absolute Gasteiger partial charge is 0.228 e. The van der Waals surface area contributed by atoms with Gasteiger partial charge in [0.2, 0.25) is 5.91 Å². The molecule has 0 bridgehead atoms. The maximum absolute atomic E-state index is 12.9. The van der Waals surface area contributed by atoms with Crippen LogP contribution in [0, 0.1) is 11.3 Å². The minimum Gasteiger partial charge on any atom is -0.497 e. The summed E-state index contributed by atoms with van der Waals surface area (Å²) in [4.78, 5) is 15.4. The molecule has 2 aliphatic rings. The standard InChI is InChI=1S/C22H35N3O3/c1-27-17-22(9-11-23-12-10-22)21(26)24-15-18-7-13-25(14-8-18)16-19-3-5-20(28-2)6-4-19/h3-6,18,23H,7-17H2,1-2H3,(H,24,26). The van der Waals surface area contributed by atoms with Gasteiger partial charge in [0.05, 0.1) is 19.1 Å². The van der Waals surface area contributed by atoms with Crippen LogP contribution in [0.3, 0.4) is 0 Å². The fraction of sp³-hybridized carbons (Fsp3) is 0.682. The van der Waals surface area contributed by atoms with E-state index in [1.807, 2.05) is 12.1 Å². The van der Waals surface area contributed by atoms with Crippen LogP contribution in [-0.4, -0.2) is 64.4 Å². The number of nitrogens with zero attached hydrogens (tertiary/aromatic N) is 1. The number of methoxy groups -OCH3 is 2. The molecule has 6 heteroatoms. The highest BCUT2D eigenvalue weighted by Crippen LogP contribution is 2.29. The van der Waals surface area contributed by atoms with Gasteiger partial charge in [0, 0.05) is 20.2 Å². The van der Waals surface area contributed by atoms with E-state index in [1.54, 1.807) is 14.2 Å². The first-order valence-electron chi connectivity index (χ1n) is 10.5. The lowest BCUT2D eigenvalue weighted by Crippen LogP contribution is -2.51. The van der Waals surface area contributed by atoms with E-state index in [-0.39, 0.29) is 11.3 Å². The molecule has 0 spiro atoms. The number of carbonyl (C=O) groups excluding carboxylic acids is 1. The van der Waals surface area contributed by atoms with E-state index < -0.39 is 0 Å². The summed E-state index contributed by atoms with van der Waals surface area (Å²) in [5.74, 6) is 1.65. The molecule has 1 amide bonds. The third-order valence-corrected chi connectivity index (χ3v) is 6.29. The van der Waals surface area contributed by atoms with Gasteiger partial charge in [-0.15, -0.1) is 0 Å². The molecule has 0 unspecified atom stereocenters. The minimum absolute atomic E-state index is 0.177. The molecular formula is C22H35N3O3. The summed E-state index contributed by atoms with van der Waals surface area (Å²) < 4.78 is 10.6. The zero-order valence-electron chi connectivity index (χ0n) is 17.3. The molecule has 0 aliphatic carbocycles. The van der Waals surface area contributed by atoms with Crippen molar-refractivity contribution in [3.63, 3.8) is 0 Å². The summed E-state index contributed by atoms with van der Waals surface area (Å²) in [6, 6.07) is 8.32. The van der Waals surface area contributed by atoms with Crippen LogP contribution in [0.15, 0.2) is 24.3 Å².